The number of amides is 1. The summed E-state index contributed by atoms with van der Waals surface area (Å²) in [5.74, 6) is -3.94. The molecule has 3 aliphatic heterocycles. The lowest BCUT2D eigenvalue weighted by Crippen LogP contribution is -2.59. The molecule has 0 radical (unpaired) electrons. The number of aryl methyl sites for hydroxylation is 1. The number of rotatable bonds is 8. The van der Waals surface area contributed by atoms with Gasteiger partial charge >= 0.3 is 5.97 Å². The number of cyclic esters (lactones) is 1. The highest BCUT2D eigenvalue weighted by atomic mass is 16.7. The van der Waals surface area contributed by atoms with Crippen molar-refractivity contribution in [3.63, 3.8) is 0 Å². The van der Waals surface area contributed by atoms with Crippen molar-refractivity contribution in [2.45, 2.75) is 149 Å². The van der Waals surface area contributed by atoms with E-state index in [0.29, 0.717) is 23.7 Å². The largest absolute Gasteiger partial charge is 0.459 e. The van der Waals surface area contributed by atoms with E-state index in [1.165, 1.54) is 20.8 Å². The molecule has 5 rings (SSSR count). The number of pyridine rings is 1. The fourth-order valence-corrected chi connectivity index (χ4v) is 8.39. The fraction of sp³-hybridized carbons (Fsp3) is 0.698. The van der Waals surface area contributed by atoms with Crippen molar-refractivity contribution in [3.8, 4) is 5.82 Å². The first-order valence-corrected chi connectivity index (χ1v) is 20.8. The van der Waals surface area contributed by atoms with Gasteiger partial charge in [0, 0.05) is 49.0 Å². The minimum absolute atomic E-state index is 0.0259. The van der Waals surface area contributed by atoms with Gasteiger partial charge in [0.05, 0.1) is 43.3 Å². The zero-order valence-corrected chi connectivity index (χ0v) is 36.9. The number of aliphatic imine (C=N–C) groups is 1. The number of likely N-dealkylation sites (N-methyl/N-ethyl adjacent to an activating group) is 1. The minimum Gasteiger partial charge on any atom is -0.459 e. The first-order valence-electron chi connectivity index (χ1n) is 20.8. The summed E-state index contributed by atoms with van der Waals surface area (Å²) >= 11 is 0. The highest BCUT2D eigenvalue weighted by Gasteiger charge is 2.51. The maximum Gasteiger partial charge on any atom is 0.316 e. The molecule has 17 heteroatoms. The molecule has 12 atom stereocenters. The zero-order valence-electron chi connectivity index (χ0n) is 36.9. The zero-order chi connectivity index (χ0) is 44.1. The predicted molar refractivity (Wildman–Crippen MR) is 220 cm³/mol. The van der Waals surface area contributed by atoms with Crippen LogP contribution in [-0.2, 0) is 49.5 Å². The second-order valence-electron chi connectivity index (χ2n) is 17.4. The maximum absolute atomic E-state index is 14.5. The van der Waals surface area contributed by atoms with Crippen LogP contribution in [0, 0.1) is 24.7 Å². The number of Topliss-reactive ketones (excluding diaryl/α,β-unsaturated/α-hetero) is 1. The molecule has 2 aromatic rings. The van der Waals surface area contributed by atoms with E-state index >= 15 is 0 Å². The quantitative estimate of drug-likeness (QED) is 0.221. The average molecular weight is 841 g/mol. The number of nitrogens with zero attached hydrogens (tertiary/aromatic N) is 6. The molecule has 0 aliphatic carbocycles. The van der Waals surface area contributed by atoms with Crippen LogP contribution in [0.2, 0.25) is 0 Å². The van der Waals surface area contributed by atoms with E-state index in [4.69, 9.17) is 28.5 Å². The summed E-state index contributed by atoms with van der Waals surface area (Å²) in [6, 6.07) is 3.35. The van der Waals surface area contributed by atoms with Crippen LogP contribution in [0.4, 0.5) is 0 Å². The Hall–Kier alpha value is -3.97. The van der Waals surface area contributed by atoms with Gasteiger partial charge in [-0.05, 0) is 85.5 Å². The molecule has 3 aliphatic rings. The van der Waals surface area contributed by atoms with E-state index in [1.54, 1.807) is 37.8 Å². The van der Waals surface area contributed by atoms with Gasteiger partial charge in [0.2, 0.25) is 5.91 Å². The Balaban J connectivity index is 1.60. The Labute approximate surface area is 352 Å². The molecule has 332 valence electrons. The average Bonchev–Trinajstić information content (AvgIpc) is 3.63. The van der Waals surface area contributed by atoms with Gasteiger partial charge in [-0.2, -0.15) is 5.10 Å². The second-order valence-corrected chi connectivity index (χ2v) is 17.4. The number of aliphatic hydroxyl groups is 2. The van der Waals surface area contributed by atoms with Crippen molar-refractivity contribution in [2.75, 3.05) is 27.3 Å². The Morgan fingerprint density at radius 3 is 2.47 bits per heavy atom. The minimum atomic E-state index is -1.83. The highest BCUT2D eigenvalue weighted by Crippen LogP contribution is 2.39. The van der Waals surface area contributed by atoms with Gasteiger partial charge < -0.3 is 43.6 Å². The molecule has 3 saturated heterocycles. The summed E-state index contributed by atoms with van der Waals surface area (Å²) in [5.41, 5.74) is -0.795. The summed E-state index contributed by atoms with van der Waals surface area (Å²) in [4.78, 5) is 57.7. The van der Waals surface area contributed by atoms with Gasteiger partial charge in [0.1, 0.15) is 36.0 Å². The number of ether oxygens (including phenoxy) is 5. The van der Waals surface area contributed by atoms with Crippen molar-refractivity contribution in [2.24, 2.45) is 27.9 Å². The van der Waals surface area contributed by atoms with Crippen molar-refractivity contribution in [3.05, 3.63) is 41.9 Å². The first kappa shape index (κ1) is 47.1. The van der Waals surface area contributed by atoms with Crippen molar-refractivity contribution >= 4 is 29.1 Å². The molecule has 2 N–H and O–H groups in total. The molecule has 3 fully saturated rings. The SMILES string of the molecule is CC[C@@H]1OC(=O)[C@H](C)C(=O)[C@H](C)[C@@H](O[C@@H]2O[C@H](C)C[C@H](N(C)C)[C@H]2O)[C@@]2(C)C[C@@H](C)C(=NC(C)=O)C[C@H](OC/C(=N/OCc3ccc(-n4cc(C)cn4)nc3)CO2)[C@]1(C)O. The van der Waals surface area contributed by atoms with Gasteiger partial charge in [-0.3, -0.25) is 14.4 Å². The number of esters is 1. The summed E-state index contributed by atoms with van der Waals surface area (Å²) in [5, 5.41) is 32.7. The molecule has 0 aromatic carbocycles. The van der Waals surface area contributed by atoms with Crippen LogP contribution in [0.3, 0.4) is 0 Å². The van der Waals surface area contributed by atoms with Gasteiger partial charge in [0.25, 0.3) is 0 Å². The molecular weight excluding hydrogens is 777 g/mol. The lowest BCUT2D eigenvalue weighted by Gasteiger charge is -2.47. The molecule has 1 amide bonds. The van der Waals surface area contributed by atoms with Crippen molar-refractivity contribution in [1.29, 1.82) is 0 Å². The number of oxime groups is 1. The second kappa shape index (κ2) is 19.8. The number of fused-ring (bicyclic) bond motifs is 5. The number of hydrogen-bond donors (Lipinski definition) is 2. The first-order chi connectivity index (χ1) is 28.2. The number of hydrogen-bond acceptors (Lipinski definition) is 15. The van der Waals surface area contributed by atoms with Crippen molar-refractivity contribution in [1.82, 2.24) is 19.7 Å². The van der Waals surface area contributed by atoms with Crippen LogP contribution in [-0.4, -0.2) is 140 Å². The number of aliphatic hydroxyl groups excluding tert-OH is 1. The molecule has 5 heterocycles. The van der Waals surface area contributed by atoms with E-state index in [1.807, 2.05) is 58.1 Å². The van der Waals surface area contributed by atoms with Crippen molar-refractivity contribution < 1.29 is 53.1 Å². The van der Waals surface area contributed by atoms with E-state index in [2.05, 4.69) is 20.2 Å². The van der Waals surface area contributed by atoms with Crippen LogP contribution in [0.5, 0.6) is 0 Å². The van der Waals surface area contributed by atoms with Gasteiger partial charge in [-0.15, -0.1) is 0 Å². The molecule has 0 unspecified atom stereocenters. The molecular formula is C43H64N6O11. The molecule has 2 bridgehead atoms. The van der Waals surface area contributed by atoms with Crippen LogP contribution in [0.25, 0.3) is 5.82 Å². The molecule has 0 saturated carbocycles. The molecule has 0 spiro atoms. The smallest absolute Gasteiger partial charge is 0.316 e. The van der Waals surface area contributed by atoms with E-state index in [-0.39, 0.29) is 51.2 Å². The molecule has 60 heavy (non-hydrogen) atoms. The fourth-order valence-electron chi connectivity index (χ4n) is 8.39. The maximum atomic E-state index is 14.5. The van der Waals surface area contributed by atoms with E-state index in [9.17, 15) is 24.6 Å². The number of ketones is 1. The Bertz CT molecular complexity index is 1860. The van der Waals surface area contributed by atoms with Gasteiger partial charge in [-0.1, -0.05) is 32.0 Å². The Morgan fingerprint density at radius 1 is 1.12 bits per heavy atom. The number of carbonyl (C=O) groups excluding carboxylic acids is 3. The third-order valence-corrected chi connectivity index (χ3v) is 12.0. The number of carbonyl (C=O) groups is 3. The Kier molecular flexibility index (Phi) is 15.6. The summed E-state index contributed by atoms with van der Waals surface area (Å²) in [6.07, 6.45) is 0.194. The van der Waals surface area contributed by atoms with Gasteiger partial charge in [-0.25, -0.2) is 14.7 Å². The third-order valence-electron chi connectivity index (χ3n) is 12.0. The van der Waals surface area contributed by atoms with Crippen LogP contribution >= 0.6 is 0 Å². The summed E-state index contributed by atoms with van der Waals surface area (Å²) in [6.45, 7) is 14.9. The monoisotopic (exact) mass is 840 g/mol. The summed E-state index contributed by atoms with van der Waals surface area (Å²) < 4.78 is 33.9. The van der Waals surface area contributed by atoms with Gasteiger partial charge in [0.15, 0.2) is 17.9 Å². The predicted octanol–water partition coefficient (Wildman–Crippen LogP) is 3.77. The number of aromatic nitrogens is 3. The normalized spacial score (nSPS) is 36.4. The lowest BCUT2D eigenvalue weighted by atomic mass is 9.76. The highest BCUT2D eigenvalue weighted by molar-refractivity contribution is 6.00. The van der Waals surface area contributed by atoms with Crippen LogP contribution < -0.4 is 0 Å². The molecule has 2 aromatic heterocycles. The van der Waals surface area contributed by atoms with Crippen LogP contribution in [0.1, 0.15) is 92.2 Å². The summed E-state index contributed by atoms with van der Waals surface area (Å²) in [7, 11) is 3.73. The van der Waals surface area contributed by atoms with Crippen LogP contribution in [0.15, 0.2) is 40.9 Å². The Morgan fingerprint density at radius 2 is 1.85 bits per heavy atom. The third kappa shape index (κ3) is 11.1. The molecule has 17 nitrogen and oxygen atoms in total. The van der Waals surface area contributed by atoms with E-state index < -0.39 is 77.3 Å². The topological polar surface area (TPSA) is 206 Å². The lowest BCUT2D eigenvalue weighted by molar-refractivity contribution is -0.296. The standard InChI is InChI=1S/C43H64N6O11/c1-12-34-43(9,54)35-16-32(46-29(7)50)25(3)17-42(8,56-23-31(22-55-35)47-57-21-30-13-14-36(44-19-30)49-20-24(2)18-45-49)39(27(5)37(51)28(6)40(53)59-34)60-41-38(52)33(48(10)11)15-26(4)58-41/h13-14,18-20,25-28,33-35,38-39,41,52,54H,12,15-17,21-23H2,1-11H3/b46-32?,47-31-/t25-,26-,27+,28-,33+,34+,35+,38-,39-,41+,42-,43-/m1/s1. The van der Waals surface area contributed by atoms with E-state index in [0.717, 1.165) is 11.1 Å².